The second-order valence-corrected chi connectivity index (χ2v) is 5.28. The van der Waals surface area contributed by atoms with Gasteiger partial charge in [-0.15, -0.1) is 0 Å². The zero-order chi connectivity index (χ0) is 13.1. The first-order valence-electron chi connectivity index (χ1n) is 6.00. The number of benzene rings is 1. The molecule has 1 N–H and O–H groups in total. The highest BCUT2D eigenvalue weighted by molar-refractivity contribution is 9.10. The Hall–Kier alpha value is -1.07. The third-order valence-electron chi connectivity index (χ3n) is 3.12. The molecule has 18 heavy (non-hydrogen) atoms. The van der Waals surface area contributed by atoms with Crippen molar-refractivity contribution in [1.29, 1.82) is 0 Å². The molecule has 98 valence electrons. The predicted molar refractivity (Wildman–Crippen MR) is 75.0 cm³/mol. The van der Waals surface area contributed by atoms with Gasteiger partial charge in [0.15, 0.2) is 0 Å². The van der Waals surface area contributed by atoms with Crippen LogP contribution >= 0.6 is 15.9 Å². The van der Waals surface area contributed by atoms with E-state index in [9.17, 15) is 4.79 Å². The normalized spacial score (nSPS) is 19.2. The number of hydrogen-bond acceptors (Lipinski definition) is 3. The summed E-state index contributed by atoms with van der Waals surface area (Å²) >= 11 is 3.49. The maximum absolute atomic E-state index is 11.8. The minimum atomic E-state index is -0.258. The summed E-state index contributed by atoms with van der Waals surface area (Å²) in [6.07, 6.45) is 0.625. The number of anilines is 1. The third-order valence-corrected chi connectivity index (χ3v) is 3.98. The van der Waals surface area contributed by atoms with Crippen molar-refractivity contribution in [2.24, 2.45) is 0 Å². The highest BCUT2D eigenvalue weighted by atomic mass is 79.9. The lowest BCUT2D eigenvalue weighted by Gasteiger charge is -2.21. The average Bonchev–Trinajstić information content (AvgIpc) is 2.71. The van der Waals surface area contributed by atoms with E-state index in [-0.39, 0.29) is 12.1 Å². The van der Waals surface area contributed by atoms with Crippen molar-refractivity contribution in [3.05, 3.63) is 28.2 Å². The van der Waals surface area contributed by atoms with E-state index < -0.39 is 0 Å². The van der Waals surface area contributed by atoms with Gasteiger partial charge in [0.2, 0.25) is 0 Å². The summed E-state index contributed by atoms with van der Waals surface area (Å²) in [5.41, 5.74) is 2.04. The molecule has 1 aliphatic rings. The van der Waals surface area contributed by atoms with Gasteiger partial charge in [-0.2, -0.15) is 0 Å². The van der Waals surface area contributed by atoms with E-state index in [1.165, 1.54) is 0 Å². The highest BCUT2D eigenvalue weighted by Crippen LogP contribution is 2.28. The number of aryl methyl sites for hydroxylation is 1. The Kier molecular flexibility index (Phi) is 4.24. The Labute approximate surface area is 115 Å². The number of cyclic esters (lactones) is 1. The molecule has 1 aliphatic heterocycles. The Morgan fingerprint density at radius 1 is 1.56 bits per heavy atom. The molecule has 0 aromatic heterocycles. The Morgan fingerprint density at radius 2 is 2.33 bits per heavy atom. The van der Waals surface area contributed by atoms with Gasteiger partial charge in [0.1, 0.15) is 6.61 Å². The van der Waals surface area contributed by atoms with Crippen LogP contribution in [0, 0.1) is 6.92 Å². The van der Waals surface area contributed by atoms with Gasteiger partial charge in [-0.1, -0.05) is 22.0 Å². The summed E-state index contributed by atoms with van der Waals surface area (Å²) in [6, 6.07) is 6.03. The predicted octanol–water partition coefficient (Wildman–Crippen LogP) is 2.69. The lowest BCUT2D eigenvalue weighted by molar-refractivity contribution is 0.178. The summed E-state index contributed by atoms with van der Waals surface area (Å²) in [7, 11) is 1.91. The lowest BCUT2D eigenvalue weighted by atomic mass is 10.1. The topological polar surface area (TPSA) is 41.6 Å². The minimum Gasteiger partial charge on any atom is -0.447 e. The molecule has 0 bridgehead atoms. The first-order chi connectivity index (χ1) is 8.63. The average molecular weight is 313 g/mol. The number of carbonyl (C=O) groups is 1. The fourth-order valence-corrected chi connectivity index (χ4v) is 2.40. The number of nitrogens with one attached hydrogen (secondary N) is 1. The Balaban J connectivity index is 2.22. The first-order valence-corrected chi connectivity index (χ1v) is 6.79. The number of halogens is 1. The van der Waals surface area contributed by atoms with E-state index in [0.717, 1.165) is 28.7 Å². The molecule has 1 aromatic rings. The van der Waals surface area contributed by atoms with Crippen molar-refractivity contribution >= 4 is 27.7 Å². The SMILES string of the molecule is CNCCC1COC(=O)N1c1ccc(C)c(Br)c1. The quantitative estimate of drug-likeness (QED) is 0.929. The smallest absolute Gasteiger partial charge is 0.414 e. The molecule has 1 fully saturated rings. The van der Waals surface area contributed by atoms with Crippen molar-refractivity contribution < 1.29 is 9.53 Å². The summed E-state index contributed by atoms with van der Waals surface area (Å²) in [5, 5.41) is 3.10. The summed E-state index contributed by atoms with van der Waals surface area (Å²) in [4.78, 5) is 13.6. The minimum absolute atomic E-state index is 0.111. The van der Waals surface area contributed by atoms with Gasteiger partial charge >= 0.3 is 6.09 Å². The van der Waals surface area contributed by atoms with E-state index in [2.05, 4.69) is 21.2 Å². The highest BCUT2D eigenvalue weighted by Gasteiger charge is 2.33. The van der Waals surface area contributed by atoms with E-state index in [0.29, 0.717) is 6.61 Å². The van der Waals surface area contributed by atoms with Crippen LogP contribution in [0.1, 0.15) is 12.0 Å². The van der Waals surface area contributed by atoms with Gasteiger partial charge in [-0.3, -0.25) is 4.90 Å². The van der Waals surface area contributed by atoms with Gasteiger partial charge in [-0.05, 0) is 44.6 Å². The lowest BCUT2D eigenvalue weighted by Crippen LogP contribution is -2.35. The summed E-state index contributed by atoms with van der Waals surface area (Å²) in [6.45, 7) is 3.35. The molecule has 0 spiro atoms. The maximum atomic E-state index is 11.8. The molecule has 0 saturated carbocycles. The molecular weight excluding hydrogens is 296 g/mol. The van der Waals surface area contributed by atoms with Crippen LogP contribution in [0.15, 0.2) is 22.7 Å². The number of amides is 1. The molecule has 1 heterocycles. The fourth-order valence-electron chi connectivity index (χ4n) is 2.03. The molecule has 1 aromatic carbocycles. The molecule has 4 nitrogen and oxygen atoms in total. The van der Waals surface area contributed by atoms with Crippen LogP contribution in [0.4, 0.5) is 10.5 Å². The zero-order valence-electron chi connectivity index (χ0n) is 10.6. The molecule has 5 heteroatoms. The van der Waals surface area contributed by atoms with Crippen molar-refractivity contribution in [1.82, 2.24) is 5.32 Å². The molecule has 0 aliphatic carbocycles. The van der Waals surface area contributed by atoms with Crippen molar-refractivity contribution in [2.45, 2.75) is 19.4 Å². The van der Waals surface area contributed by atoms with E-state index >= 15 is 0 Å². The van der Waals surface area contributed by atoms with Gasteiger partial charge in [0.25, 0.3) is 0 Å². The molecule has 1 amide bonds. The molecule has 1 atom stereocenters. The number of hydrogen-bond donors (Lipinski definition) is 1. The largest absolute Gasteiger partial charge is 0.447 e. The number of carbonyl (C=O) groups excluding carboxylic acids is 1. The van der Waals surface area contributed by atoms with Crippen molar-refractivity contribution in [3.8, 4) is 0 Å². The molecule has 1 saturated heterocycles. The monoisotopic (exact) mass is 312 g/mol. The Bertz CT molecular complexity index is 451. The van der Waals surface area contributed by atoms with Gasteiger partial charge in [0.05, 0.1) is 6.04 Å². The van der Waals surface area contributed by atoms with Gasteiger partial charge in [0, 0.05) is 10.2 Å². The number of rotatable bonds is 4. The van der Waals surface area contributed by atoms with Crippen molar-refractivity contribution in [3.63, 3.8) is 0 Å². The molecule has 1 unspecified atom stereocenters. The second-order valence-electron chi connectivity index (χ2n) is 4.43. The van der Waals surface area contributed by atoms with Crippen LogP contribution in [0.3, 0.4) is 0 Å². The van der Waals surface area contributed by atoms with Crippen LogP contribution in [0.25, 0.3) is 0 Å². The van der Waals surface area contributed by atoms with E-state index in [4.69, 9.17) is 4.74 Å². The first kappa shape index (κ1) is 13.4. The number of ether oxygens (including phenoxy) is 1. The molecular formula is C13H17BrN2O2. The van der Waals surface area contributed by atoms with Crippen LogP contribution in [0.5, 0.6) is 0 Å². The van der Waals surface area contributed by atoms with Crippen LogP contribution in [-0.4, -0.2) is 32.3 Å². The van der Waals surface area contributed by atoms with Gasteiger partial charge in [-0.25, -0.2) is 4.79 Å². The second kappa shape index (κ2) is 5.71. The third kappa shape index (κ3) is 2.67. The van der Waals surface area contributed by atoms with Crippen LogP contribution < -0.4 is 10.2 Å². The molecule has 0 radical (unpaired) electrons. The standard InChI is InChI=1S/C13H17BrN2O2/c1-9-3-4-10(7-12(9)14)16-11(5-6-15-2)8-18-13(16)17/h3-4,7,11,15H,5-6,8H2,1-2H3. The van der Waals surface area contributed by atoms with E-state index in [1.54, 1.807) is 4.90 Å². The fraction of sp³-hybridized carbons (Fsp3) is 0.462. The summed E-state index contributed by atoms with van der Waals surface area (Å²) in [5.74, 6) is 0. The van der Waals surface area contributed by atoms with Gasteiger partial charge < -0.3 is 10.1 Å². The number of nitrogens with zero attached hydrogens (tertiary/aromatic N) is 1. The Morgan fingerprint density at radius 3 is 3.00 bits per heavy atom. The van der Waals surface area contributed by atoms with Crippen LogP contribution in [0.2, 0.25) is 0 Å². The van der Waals surface area contributed by atoms with E-state index in [1.807, 2.05) is 32.2 Å². The molecule has 2 rings (SSSR count). The van der Waals surface area contributed by atoms with Crippen LogP contribution in [-0.2, 0) is 4.74 Å². The maximum Gasteiger partial charge on any atom is 0.414 e. The zero-order valence-corrected chi connectivity index (χ0v) is 12.2. The van der Waals surface area contributed by atoms with Crippen molar-refractivity contribution in [2.75, 3.05) is 25.1 Å². The summed E-state index contributed by atoms with van der Waals surface area (Å²) < 4.78 is 6.15.